The van der Waals surface area contributed by atoms with Crippen LogP contribution in [0, 0.1) is 0 Å². The second kappa shape index (κ2) is 16.6. The fraction of sp³-hybridized carbons (Fsp3) is 0.679. The predicted octanol–water partition coefficient (Wildman–Crippen LogP) is 6.03. The SMILES string of the molecule is CCCCCCCCCCCCOC(=O)CC1C(=O)NCCN1C(=O)c1cc(Br)ccc1OC(C)C. The number of carbonyl (C=O) groups is 3. The standard InChI is InChI=1S/C28H43BrN2O5/c1-4-5-6-7-8-9-10-11-12-13-18-35-26(32)20-24-27(33)30-16-17-31(24)28(34)23-19-22(29)14-15-25(23)36-21(2)3/h14-15,19,21,24H,4-13,16-18,20H2,1-3H3,(H,30,33). The summed E-state index contributed by atoms with van der Waals surface area (Å²) >= 11 is 3.41. The molecule has 1 fully saturated rings. The van der Waals surface area contributed by atoms with Crippen LogP contribution in [0.25, 0.3) is 0 Å². The lowest BCUT2D eigenvalue weighted by atomic mass is 10.1. The first-order valence-electron chi connectivity index (χ1n) is 13.5. The first kappa shape index (κ1) is 30.1. The zero-order valence-corrected chi connectivity index (χ0v) is 23.7. The van der Waals surface area contributed by atoms with Gasteiger partial charge in [-0.3, -0.25) is 14.4 Å². The molecule has 0 spiro atoms. The van der Waals surface area contributed by atoms with Crippen molar-refractivity contribution in [3.63, 3.8) is 0 Å². The Morgan fingerprint density at radius 3 is 2.33 bits per heavy atom. The van der Waals surface area contributed by atoms with Gasteiger partial charge in [-0.25, -0.2) is 0 Å². The molecule has 1 heterocycles. The van der Waals surface area contributed by atoms with E-state index in [2.05, 4.69) is 28.2 Å². The van der Waals surface area contributed by atoms with E-state index in [4.69, 9.17) is 9.47 Å². The minimum Gasteiger partial charge on any atom is -0.490 e. The number of nitrogens with zero attached hydrogens (tertiary/aromatic N) is 1. The van der Waals surface area contributed by atoms with Gasteiger partial charge in [0.2, 0.25) is 5.91 Å². The van der Waals surface area contributed by atoms with Crippen molar-refractivity contribution in [1.82, 2.24) is 10.2 Å². The highest BCUT2D eigenvalue weighted by atomic mass is 79.9. The third kappa shape index (κ3) is 10.5. The van der Waals surface area contributed by atoms with Crippen molar-refractivity contribution in [3.05, 3.63) is 28.2 Å². The summed E-state index contributed by atoms with van der Waals surface area (Å²) in [5.74, 6) is -0.689. The van der Waals surface area contributed by atoms with Crippen molar-refractivity contribution in [1.29, 1.82) is 0 Å². The molecule has 0 aliphatic carbocycles. The highest BCUT2D eigenvalue weighted by Gasteiger charge is 2.36. The van der Waals surface area contributed by atoms with Crippen LogP contribution in [0.15, 0.2) is 22.7 Å². The molecule has 1 aliphatic heterocycles. The fourth-order valence-corrected chi connectivity index (χ4v) is 4.69. The molecule has 1 saturated heterocycles. The minimum absolute atomic E-state index is 0.112. The Labute approximate surface area is 224 Å². The molecule has 0 aromatic heterocycles. The van der Waals surface area contributed by atoms with Crippen LogP contribution < -0.4 is 10.1 Å². The molecule has 0 radical (unpaired) electrons. The van der Waals surface area contributed by atoms with Crippen LogP contribution in [0.2, 0.25) is 0 Å². The van der Waals surface area contributed by atoms with E-state index in [0.717, 1.165) is 23.7 Å². The highest BCUT2D eigenvalue weighted by molar-refractivity contribution is 9.10. The van der Waals surface area contributed by atoms with E-state index in [9.17, 15) is 14.4 Å². The van der Waals surface area contributed by atoms with Crippen LogP contribution in [0.3, 0.4) is 0 Å². The van der Waals surface area contributed by atoms with Crippen molar-refractivity contribution in [2.75, 3.05) is 19.7 Å². The third-order valence-corrected chi connectivity index (χ3v) is 6.74. The van der Waals surface area contributed by atoms with E-state index in [1.807, 2.05) is 13.8 Å². The Kier molecular flexibility index (Phi) is 13.9. The van der Waals surface area contributed by atoms with Crippen molar-refractivity contribution < 1.29 is 23.9 Å². The van der Waals surface area contributed by atoms with Gasteiger partial charge in [0.1, 0.15) is 11.8 Å². The zero-order chi connectivity index (χ0) is 26.3. The summed E-state index contributed by atoms with van der Waals surface area (Å²) in [5.41, 5.74) is 0.358. The number of nitrogens with one attached hydrogen (secondary N) is 1. The lowest BCUT2D eigenvalue weighted by molar-refractivity contribution is -0.147. The molecule has 1 atom stereocenters. The maximum atomic E-state index is 13.4. The number of carbonyl (C=O) groups excluding carboxylic acids is 3. The molecule has 1 aromatic carbocycles. The van der Waals surface area contributed by atoms with Crippen LogP contribution in [-0.2, 0) is 14.3 Å². The topological polar surface area (TPSA) is 84.9 Å². The number of piperazine rings is 1. The van der Waals surface area contributed by atoms with E-state index >= 15 is 0 Å². The molecule has 1 N–H and O–H groups in total. The Bertz CT molecular complexity index is 845. The molecule has 0 bridgehead atoms. The number of benzene rings is 1. The summed E-state index contributed by atoms with van der Waals surface area (Å²) in [6.45, 7) is 7.00. The summed E-state index contributed by atoms with van der Waals surface area (Å²) in [4.78, 5) is 40.0. The van der Waals surface area contributed by atoms with Gasteiger partial charge in [0, 0.05) is 17.6 Å². The minimum atomic E-state index is -0.905. The molecule has 36 heavy (non-hydrogen) atoms. The molecular weight excluding hydrogens is 524 g/mol. The van der Waals surface area contributed by atoms with E-state index < -0.39 is 12.0 Å². The Balaban J connectivity index is 1.82. The van der Waals surface area contributed by atoms with E-state index in [1.54, 1.807) is 18.2 Å². The highest BCUT2D eigenvalue weighted by Crippen LogP contribution is 2.27. The summed E-state index contributed by atoms with van der Waals surface area (Å²) < 4.78 is 12.0. The van der Waals surface area contributed by atoms with Crippen LogP contribution in [-0.4, -0.2) is 54.5 Å². The molecule has 1 aromatic rings. The van der Waals surface area contributed by atoms with Gasteiger partial charge < -0.3 is 19.7 Å². The number of esters is 1. The molecule has 1 unspecified atom stereocenters. The molecule has 7 nitrogen and oxygen atoms in total. The van der Waals surface area contributed by atoms with Gasteiger partial charge in [-0.05, 0) is 38.5 Å². The number of hydrogen-bond donors (Lipinski definition) is 1. The Morgan fingerprint density at radius 1 is 1.06 bits per heavy atom. The number of unbranched alkanes of at least 4 members (excludes halogenated alkanes) is 9. The first-order chi connectivity index (χ1) is 17.3. The molecular formula is C28H43BrN2O5. The molecule has 202 valence electrons. The molecule has 8 heteroatoms. The van der Waals surface area contributed by atoms with Gasteiger partial charge in [-0.1, -0.05) is 80.6 Å². The van der Waals surface area contributed by atoms with E-state index in [-0.39, 0.29) is 24.3 Å². The van der Waals surface area contributed by atoms with Crippen LogP contribution in [0.1, 0.15) is 102 Å². The molecule has 0 saturated carbocycles. The smallest absolute Gasteiger partial charge is 0.308 e. The fourth-order valence-electron chi connectivity index (χ4n) is 4.33. The maximum absolute atomic E-state index is 13.4. The number of ether oxygens (including phenoxy) is 2. The van der Waals surface area contributed by atoms with E-state index in [0.29, 0.717) is 31.0 Å². The molecule has 1 aliphatic rings. The number of rotatable bonds is 16. The molecule has 2 rings (SSSR count). The monoisotopic (exact) mass is 566 g/mol. The Morgan fingerprint density at radius 2 is 1.69 bits per heavy atom. The first-order valence-corrected chi connectivity index (χ1v) is 14.3. The molecule has 2 amide bonds. The normalized spacial score (nSPS) is 15.6. The summed E-state index contributed by atoms with van der Waals surface area (Å²) in [5, 5.41) is 2.76. The van der Waals surface area contributed by atoms with Gasteiger partial charge >= 0.3 is 5.97 Å². The third-order valence-electron chi connectivity index (χ3n) is 6.25. The average Bonchev–Trinajstić information content (AvgIpc) is 2.84. The van der Waals surface area contributed by atoms with Crippen LogP contribution in [0.5, 0.6) is 5.75 Å². The van der Waals surface area contributed by atoms with Crippen LogP contribution >= 0.6 is 15.9 Å². The zero-order valence-electron chi connectivity index (χ0n) is 22.2. The number of hydrogen-bond acceptors (Lipinski definition) is 5. The lowest BCUT2D eigenvalue weighted by Gasteiger charge is -2.35. The van der Waals surface area contributed by atoms with Crippen LogP contribution in [0.4, 0.5) is 0 Å². The second-order valence-electron chi connectivity index (χ2n) is 9.72. The summed E-state index contributed by atoms with van der Waals surface area (Å²) in [6.07, 6.45) is 11.8. The van der Waals surface area contributed by atoms with Gasteiger partial charge in [0.15, 0.2) is 0 Å². The van der Waals surface area contributed by atoms with Crippen molar-refractivity contribution in [3.8, 4) is 5.75 Å². The maximum Gasteiger partial charge on any atom is 0.308 e. The van der Waals surface area contributed by atoms with Crippen molar-refractivity contribution in [2.45, 2.75) is 104 Å². The van der Waals surface area contributed by atoms with E-state index in [1.165, 1.54) is 49.8 Å². The quantitative estimate of drug-likeness (QED) is 0.195. The summed E-state index contributed by atoms with van der Waals surface area (Å²) in [6, 6.07) is 4.32. The van der Waals surface area contributed by atoms with Crippen molar-refractivity contribution in [2.24, 2.45) is 0 Å². The second-order valence-corrected chi connectivity index (χ2v) is 10.6. The van der Waals surface area contributed by atoms with Gasteiger partial charge in [-0.2, -0.15) is 0 Å². The average molecular weight is 568 g/mol. The Hall–Kier alpha value is -2.09. The lowest BCUT2D eigenvalue weighted by Crippen LogP contribution is -2.57. The van der Waals surface area contributed by atoms with Gasteiger partial charge in [-0.15, -0.1) is 0 Å². The predicted molar refractivity (Wildman–Crippen MR) is 145 cm³/mol. The number of amides is 2. The summed E-state index contributed by atoms with van der Waals surface area (Å²) in [7, 11) is 0. The van der Waals surface area contributed by atoms with Gasteiger partial charge in [0.25, 0.3) is 5.91 Å². The number of halogens is 1. The largest absolute Gasteiger partial charge is 0.490 e. The van der Waals surface area contributed by atoms with Gasteiger partial charge in [0.05, 0.1) is 24.7 Å². The van der Waals surface area contributed by atoms with Crippen molar-refractivity contribution >= 4 is 33.7 Å².